The lowest BCUT2D eigenvalue weighted by Gasteiger charge is -2.28. The van der Waals surface area contributed by atoms with Crippen molar-refractivity contribution in [3.8, 4) is 0 Å². The monoisotopic (exact) mass is 540 g/mol. The molecule has 2 aromatic carbocycles. The van der Waals surface area contributed by atoms with Crippen molar-refractivity contribution < 1.29 is 24.3 Å². The number of nitrogens with zero attached hydrogens (tertiary/aromatic N) is 1. The molecule has 1 aliphatic heterocycles. The van der Waals surface area contributed by atoms with Crippen LogP contribution < -0.4 is 16.4 Å². The van der Waals surface area contributed by atoms with Gasteiger partial charge in [-0.1, -0.05) is 60.7 Å². The summed E-state index contributed by atoms with van der Waals surface area (Å²) in [5, 5.41) is 15.1. The van der Waals surface area contributed by atoms with Crippen LogP contribution >= 0.6 is 11.8 Å². The summed E-state index contributed by atoms with van der Waals surface area (Å²) in [6.07, 6.45) is 3.82. The number of nitrogens with two attached hydrogens (primary N) is 1. The Labute approximate surface area is 227 Å². The third kappa shape index (κ3) is 8.32. The van der Waals surface area contributed by atoms with E-state index >= 15 is 0 Å². The molecule has 5 N–H and O–H groups in total. The smallest absolute Gasteiger partial charge is 0.326 e. The molecule has 1 fully saturated rings. The van der Waals surface area contributed by atoms with Crippen molar-refractivity contribution in [3.05, 3.63) is 71.8 Å². The highest BCUT2D eigenvalue weighted by Crippen LogP contribution is 2.20. The first-order valence-corrected chi connectivity index (χ1v) is 14.2. The number of carboxylic acids is 1. The molecule has 2 aromatic rings. The van der Waals surface area contributed by atoms with Gasteiger partial charge in [0, 0.05) is 13.0 Å². The Hall–Kier alpha value is -3.37. The van der Waals surface area contributed by atoms with Crippen molar-refractivity contribution in [2.24, 2.45) is 5.73 Å². The number of nitrogens with one attached hydrogen (secondary N) is 2. The fourth-order valence-electron chi connectivity index (χ4n) is 4.57. The predicted molar refractivity (Wildman–Crippen MR) is 147 cm³/mol. The van der Waals surface area contributed by atoms with E-state index in [1.165, 1.54) is 16.7 Å². The molecule has 0 saturated carbocycles. The second kappa shape index (κ2) is 14.5. The molecule has 204 valence electrons. The number of hydrogen-bond acceptors (Lipinski definition) is 6. The normalized spacial score (nSPS) is 17.3. The summed E-state index contributed by atoms with van der Waals surface area (Å²) in [6, 6.07) is 14.9. The first kappa shape index (κ1) is 29.2. The van der Waals surface area contributed by atoms with Gasteiger partial charge >= 0.3 is 5.97 Å². The van der Waals surface area contributed by atoms with Gasteiger partial charge in [0.05, 0.1) is 6.04 Å². The lowest BCUT2D eigenvalue weighted by atomic mass is 10.0. The Morgan fingerprint density at radius 1 is 0.974 bits per heavy atom. The number of carboxylic acid groups (broad SMARTS) is 1. The van der Waals surface area contributed by atoms with E-state index in [9.17, 15) is 24.3 Å². The van der Waals surface area contributed by atoms with Gasteiger partial charge in [-0.15, -0.1) is 0 Å². The van der Waals surface area contributed by atoms with Crippen LogP contribution in [-0.2, 0) is 32.0 Å². The number of carbonyl (C=O) groups excluding carboxylic acids is 3. The van der Waals surface area contributed by atoms with E-state index in [1.54, 1.807) is 24.3 Å². The van der Waals surface area contributed by atoms with E-state index in [1.807, 2.05) is 42.7 Å². The van der Waals surface area contributed by atoms with Gasteiger partial charge in [-0.3, -0.25) is 14.4 Å². The van der Waals surface area contributed by atoms with Crippen LogP contribution in [0.15, 0.2) is 60.7 Å². The third-order valence-corrected chi connectivity index (χ3v) is 7.24. The first-order chi connectivity index (χ1) is 18.3. The Morgan fingerprint density at radius 3 is 2.16 bits per heavy atom. The highest BCUT2D eigenvalue weighted by Gasteiger charge is 2.38. The Bertz CT molecular complexity index is 1090. The van der Waals surface area contributed by atoms with Crippen LogP contribution in [0.3, 0.4) is 0 Å². The highest BCUT2D eigenvalue weighted by molar-refractivity contribution is 7.98. The molecule has 4 atom stereocenters. The lowest BCUT2D eigenvalue weighted by molar-refractivity contribution is -0.143. The summed E-state index contributed by atoms with van der Waals surface area (Å²) in [5.74, 6) is -1.86. The fourth-order valence-corrected chi connectivity index (χ4v) is 5.04. The molecule has 0 spiro atoms. The van der Waals surface area contributed by atoms with E-state index in [2.05, 4.69) is 10.6 Å². The van der Waals surface area contributed by atoms with Gasteiger partial charge in [0.15, 0.2) is 0 Å². The van der Waals surface area contributed by atoms with Gasteiger partial charge < -0.3 is 26.4 Å². The molecule has 38 heavy (non-hydrogen) atoms. The minimum Gasteiger partial charge on any atom is -0.480 e. The standard InChI is InChI=1S/C28H36N4O5S/c1-38-16-14-22(25(33)31-23(28(36)37)18-20-11-6-3-7-12-20)30-26(34)24-13-8-15-32(24)27(35)21(29)17-19-9-4-2-5-10-19/h2-7,9-12,21-24H,8,13-18,29H2,1H3,(H,30,34)(H,31,33)(H,36,37). The minimum absolute atomic E-state index is 0.120. The van der Waals surface area contributed by atoms with Crippen LogP contribution in [0.1, 0.15) is 30.4 Å². The third-order valence-electron chi connectivity index (χ3n) is 6.60. The predicted octanol–water partition coefficient (Wildman–Crippen LogP) is 1.60. The molecule has 0 bridgehead atoms. The molecule has 9 nitrogen and oxygen atoms in total. The molecule has 3 rings (SSSR count). The summed E-state index contributed by atoms with van der Waals surface area (Å²) in [4.78, 5) is 52.9. The molecule has 10 heteroatoms. The summed E-state index contributed by atoms with van der Waals surface area (Å²) < 4.78 is 0. The maximum Gasteiger partial charge on any atom is 0.326 e. The molecule has 4 unspecified atom stereocenters. The summed E-state index contributed by atoms with van der Waals surface area (Å²) >= 11 is 1.52. The van der Waals surface area contributed by atoms with E-state index in [0.717, 1.165) is 11.1 Å². The van der Waals surface area contributed by atoms with E-state index in [4.69, 9.17) is 5.73 Å². The maximum absolute atomic E-state index is 13.3. The number of hydrogen-bond donors (Lipinski definition) is 4. The van der Waals surface area contributed by atoms with Crippen molar-refractivity contribution in [2.45, 2.75) is 56.3 Å². The second-order valence-corrected chi connectivity index (χ2v) is 10.4. The molecule has 1 heterocycles. The van der Waals surface area contributed by atoms with Crippen LogP contribution in [-0.4, -0.2) is 76.4 Å². The zero-order valence-electron chi connectivity index (χ0n) is 21.5. The summed E-state index contributed by atoms with van der Waals surface area (Å²) in [6.45, 7) is 0.416. The molecular weight excluding hydrogens is 504 g/mol. The number of aliphatic carboxylic acids is 1. The molecular formula is C28H36N4O5S. The van der Waals surface area contributed by atoms with Crippen molar-refractivity contribution in [3.63, 3.8) is 0 Å². The topological polar surface area (TPSA) is 142 Å². The van der Waals surface area contributed by atoms with Crippen molar-refractivity contribution in [2.75, 3.05) is 18.6 Å². The van der Waals surface area contributed by atoms with Crippen molar-refractivity contribution in [1.82, 2.24) is 15.5 Å². The number of thioether (sulfide) groups is 1. The molecule has 0 aromatic heterocycles. The molecule has 3 amide bonds. The van der Waals surface area contributed by atoms with Crippen LogP contribution in [0, 0.1) is 0 Å². The van der Waals surface area contributed by atoms with E-state index in [-0.39, 0.29) is 12.3 Å². The van der Waals surface area contributed by atoms with E-state index < -0.39 is 42.0 Å². The van der Waals surface area contributed by atoms with Crippen molar-refractivity contribution in [1.29, 1.82) is 0 Å². The average molecular weight is 541 g/mol. The number of carbonyl (C=O) groups is 4. The fraction of sp³-hybridized carbons (Fsp3) is 0.429. The van der Waals surface area contributed by atoms with Gasteiger partial charge in [0.1, 0.15) is 18.1 Å². The Balaban J connectivity index is 1.65. The molecule has 0 radical (unpaired) electrons. The van der Waals surface area contributed by atoms with Gasteiger partial charge in [-0.25, -0.2) is 4.79 Å². The largest absolute Gasteiger partial charge is 0.480 e. The molecule has 1 aliphatic rings. The maximum atomic E-state index is 13.3. The van der Waals surface area contributed by atoms with Crippen LogP contribution in [0.2, 0.25) is 0 Å². The van der Waals surface area contributed by atoms with Gasteiger partial charge in [-0.2, -0.15) is 11.8 Å². The SMILES string of the molecule is CSCCC(NC(=O)C1CCCN1C(=O)C(N)Cc1ccccc1)C(=O)NC(Cc1ccccc1)C(=O)O. The van der Waals surface area contributed by atoms with Crippen molar-refractivity contribution >= 4 is 35.5 Å². The zero-order valence-corrected chi connectivity index (χ0v) is 22.4. The van der Waals surface area contributed by atoms with Crippen LogP contribution in [0.4, 0.5) is 0 Å². The lowest BCUT2D eigenvalue weighted by Crippen LogP contribution is -2.57. The van der Waals surface area contributed by atoms with Gasteiger partial charge in [0.25, 0.3) is 0 Å². The summed E-state index contributed by atoms with van der Waals surface area (Å²) in [5.41, 5.74) is 7.92. The first-order valence-electron chi connectivity index (χ1n) is 12.8. The number of benzene rings is 2. The summed E-state index contributed by atoms with van der Waals surface area (Å²) in [7, 11) is 0. The quantitative estimate of drug-likeness (QED) is 0.302. The highest BCUT2D eigenvalue weighted by atomic mass is 32.2. The van der Waals surface area contributed by atoms with Gasteiger partial charge in [-0.05, 0) is 48.8 Å². The molecule has 0 aliphatic carbocycles. The number of likely N-dealkylation sites (tertiary alicyclic amines) is 1. The number of amides is 3. The Kier molecular flexibility index (Phi) is 11.2. The van der Waals surface area contributed by atoms with Gasteiger partial charge in [0.2, 0.25) is 17.7 Å². The van der Waals surface area contributed by atoms with Crippen LogP contribution in [0.5, 0.6) is 0 Å². The second-order valence-electron chi connectivity index (χ2n) is 9.42. The van der Waals surface area contributed by atoms with E-state index in [0.29, 0.717) is 38.0 Å². The molecule has 1 saturated heterocycles. The number of rotatable bonds is 13. The Morgan fingerprint density at radius 2 is 1.58 bits per heavy atom. The zero-order chi connectivity index (χ0) is 27.5. The minimum atomic E-state index is -1.16. The average Bonchev–Trinajstić information content (AvgIpc) is 3.41. The van der Waals surface area contributed by atoms with Crippen LogP contribution in [0.25, 0.3) is 0 Å².